The summed E-state index contributed by atoms with van der Waals surface area (Å²) in [4.78, 5) is 17.1. The highest BCUT2D eigenvalue weighted by Gasteiger charge is 2.24. The maximum Gasteiger partial charge on any atom is 0.253 e. The number of aromatic nitrogens is 3. The average molecular weight is 396 g/mol. The van der Waals surface area contributed by atoms with Gasteiger partial charge in [0.25, 0.3) is 5.56 Å². The second-order valence-corrected chi connectivity index (χ2v) is 8.04. The first-order valence-electron chi connectivity index (χ1n) is 10.3. The van der Waals surface area contributed by atoms with Crippen LogP contribution in [-0.4, -0.2) is 40.5 Å². The fourth-order valence-electron chi connectivity index (χ4n) is 4.15. The topological polar surface area (TPSA) is 58.3 Å². The maximum atomic E-state index is 12.1. The fraction of sp³-hybridized carbons (Fsp3) is 0.478. The van der Waals surface area contributed by atoms with Crippen LogP contribution in [0.3, 0.4) is 0 Å². The van der Waals surface area contributed by atoms with E-state index in [1.165, 1.54) is 0 Å². The Morgan fingerprint density at radius 1 is 1.24 bits per heavy atom. The monoisotopic (exact) mass is 395 g/mol. The van der Waals surface area contributed by atoms with E-state index in [1.54, 1.807) is 18.7 Å². The molecule has 1 aliphatic rings. The van der Waals surface area contributed by atoms with Gasteiger partial charge in [-0.3, -0.25) is 4.79 Å². The molecule has 154 valence electrons. The third-order valence-corrected chi connectivity index (χ3v) is 5.90. The highest BCUT2D eigenvalue weighted by atomic mass is 16.5. The van der Waals surface area contributed by atoms with Crippen molar-refractivity contribution in [1.29, 1.82) is 0 Å². The molecule has 0 N–H and O–H groups in total. The SMILES string of the molecule is CO[C@H](C)Cn1c(C2CCOCC2)nc2ccc(-c3cc(C)c(=O)n(C)c3)cc21. The third-order valence-electron chi connectivity index (χ3n) is 5.90. The molecule has 1 fully saturated rings. The molecule has 0 saturated carbocycles. The van der Waals surface area contributed by atoms with Gasteiger partial charge in [0.15, 0.2) is 0 Å². The number of fused-ring (bicyclic) bond motifs is 1. The number of pyridine rings is 1. The standard InChI is InChI=1S/C23H29N3O3/c1-15-11-19(14-25(3)23(15)27)18-5-6-20-21(12-18)26(13-16(2)28-4)22(24-20)17-7-9-29-10-8-17/h5-6,11-12,14,16-17H,7-10,13H2,1-4H3/t16-/m1/s1. The predicted molar refractivity (Wildman–Crippen MR) is 114 cm³/mol. The van der Waals surface area contributed by atoms with Crippen molar-refractivity contribution in [2.45, 2.75) is 45.3 Å². The van der Waals surface area contributed by atoms with E-state index >= 15 is 0 Å². The maximum absolute atomic E-state index is 12.1. The van der Waals surface area contributed by atoms with Crippen molar-refractivity contribution in [1.82, 2.24) is 14.1 Å². The van der Waals surface area contributed by atoms with Crippen LogP contribution in [0.25, 0.3) is 22.2 Å². The van der Waals surface area contributed by atoms with E-state index < -0.39 is 0 Å². The molecule has 0 spiro atoms. The minimum Gasteiger partial charge on any atom is -0.381 e. The first-order chi connectivity index (χ1) is 14.0. The van der Waals surface area contributed by atoms with Gasteiger partial charge in [0.05, 0.1) is 23.7 Å². The molecule has 0 radical (unpaired) electrons. The molecule has 6 heteroatoms. The van der Waals surface area contributed by atoms with Gasteiger partial charge in [-0.15, -0.1) is 0 Å². The highest BCUT2D eigenvalue weighted by molar-refractivity contribution is 5.82. The summed E-state index contributed by atoms with van der Waals surface area (Å²) in [6.45, 7) is 6.28. The van der Waals surface area contributed by atoms with E-state index in [4.69, 9.17) is 14.5 Å². The highest BCUT2D eigenvalue weighted by Crippen LogP contribution is 2.32. The minimum absolute atomic E-state index is 0.0376. The second kappa shape index (κ2) is 8.13. The molecule has 1 aliphatic heterocycles. The lowest BCUT2D eigenvalue weighted by molar-refractivity contribution is 0.0799. The van der Waals surface area contributed by atoms with Gasteiger partial charge in [0, 0.05) is 45.0 Å². The molecule has 2 aromatic heterocycles. The van der Waals surface area contributed by atoms with Crippen LogP contribution >= 0.6 is 0 Å². The van der Waals surface area contributed by atoms with Crippen LogP contribution < -0.4 is 5.56 Å². The zero-order valence-electron chi connectivity index (χ0n) is 17.6. The Kier molecular flexibility index (Phi) is 5.56. The van der Waals surface area contributed by atoms with Crippen LogP contribution in [0.2, 0.25) is 0 Å². The van der Waals surface area contributed by atoms with Gasteiger partial charge in [-0.25, -0.2) is 4.98 Å². The molecule has 1 atom stereocenters. The molecule has 0 unspecified atom stereocenters. The number of hydrogen-bond acceptors (Lipinski definition) is 4. The van der Waals surface area contributed by atoms with Crippen molar-refractivity contribution in [2.24, 2.45) is 7.05 Å². The Hall–Kier alpha value is -2.44. The van der Waals surface area contributed by atoms with Crippen molar-refractivity contribution >= 4 is 11.0 Å². The third kappa shape index (κ3) is 3.87. The molecule has 29 heavy (non-hydrogen) atoms. The molecule has 3 heterocycles. The van der Waals surface area contributed by atoms with E-state index in [0.717, 1.165) is 66.1 Å². The zero-order valence-corrected chi connectivity index (χ0v) is 17.6. The largest absolute Gasteiger partial charge is 0.381 e. The first-order valence-corrected chi connectivity index (χ1v) is 10.3. The summed E-state index contributed by atoms with van der Waals surface area (Å²) in [6.07, 6.45) is 3.98. The lowest BCUT2D eigenvalue weighted by atomic mass is 9.99. The molecule has 1 saturated heterocycles. The number of benzene rings is 1. The summed E-state index contributed by atoms with van der Waals surface area (Å²) < 4.78 is 15.1. The fourth-order valence-corrected chi connectivity index (χ4v) is 4.15. The molecule has 1 aromatic carbocycles. The number of hydrogen-bond donors (Lipinski definition) is 0. The van der Waals surface area contributed by atoms with Crippen LogP contribution in [0.1, 0.15) is 37.1 Å². The lowest BCUT2D eigenvalue weighted by Gasteiger charge is -2.23. The van der Waals surface area contributed by atoms with Gasteiger partial charge < -0.3 is 18.6 Å². The molecule has 0 amide bonds. The number of nitrogens with zero attached hydrogens (tertiary/aromatic N) is 3. The molecular weight excluding hydrogens is 366 g/mol. The van der Waals surface area contributed by atoms with Crippen LogP contribution in [0.5, 0.6) is 0 Å². The molecule has 4 rings (SSSR count). The number of imidazole rings is 1. The van der Waals surface area contributed by atoms with Crippen LogP contribution in [0, 0.1) is 6.92 Å². The Morgan fingerprint density at radius 3 is 2.69 bits per heavy atom. The normalized spacial score (nSPS) is 16.4. The van der Waals surface area contributed by atoms with E-state index in [-0.39, 0.29) is 11.7 Å². The molecule has 6 nitrogen and oxygen atoms in total. The summed E-state index contributed by atoms with van der Waals surface area (Å²) in [5, 5.41) is 0. The van der Waals surface area contributed by atoms with Crippen molar-refractivity contribution in [3.8, 4) is 11.1 Å². The van der Waals surface area contributed by atoms with E-state index in [1.807, 2.05) is 19.2 Å². The van der Waals surface area contributed by atoms with Crippen molar-refractivity contribution in [3.63, 3.8) is 0 Å². The van der Waals surface area contributed by atoms with Gasteiger partial charge in [-0.1, -0.05) is 6.07 Å². The summed E-state index contributed by atoms with van der Waals surface area (Å²) >= 11 is 0. The average Bonchev–Trinajstić information content (AvgIpc) is 3.09. The predicted octanol–water partition coefficient (Wildman–Crippen LogP) is 3.64. The van der Waals surface area contributed by atoms with Gasteiger partial charge >= 0.3 is 0 Å². The smallest absolute Gasteiger partial charge is 0.253 e. The van der Waals surface area contributed by atoms with E-state index in [0.29, 0.717) is 5.92 Å². The van der Waals surface area contributed by atoms with Crippen molar-refractivity contribution in [3.05, 3.63) is 52.2 Å². The minimum atomic E-state index is 0.0376. The zero-order chi connectivity index (χ0) is 20.5. The Bertz CT molecular complexity index is 1050. The number of aryl methyl sites for hydroxylation is 2. The first kappa shape index (κ1) is 19.9. The Balaban J connectivity index is 1.84. The lowest BCUT2D eigenvalue weighted by Crippen LogP contribution is -2.21. The Labute approximate surface area is 171 Å². The summed E-state index contributed by atoms with van der Waals surface area (Å²) in [6, 6.07) is 8.32. The van der Waals surface area contributed by atoms with E-state index in [9.17, 15) is 4.79 Å². The number of methoxy groups -OCH3 is 1. The molecule has 0 aliphatic carbocycles. The quantitative estimate of drug-likeness (QED) is 0.662. The molecule has 0 bridgehead atoms. The number of ether oxygens (including phenoxy) is 2. The van der Waals surface area contributed by atoms with Gasteiger partial charge in [0.2, 0.25) is 0 Å². The Morgan fingerprint density at radius 2 is 2.00 bits per heavy atom. The van der Waals surface area contributed by atoms with Crippen molar-refractivity contribution in [2.75, 3.05) is 20.3 Å². The summed E-state index contributed by atoms with van der Waals surface area (Å²) in [5.74, 6) is 1.53. The summed E-state index contributed by atoms with van der Waals surface area (Å²) in [5.41, 5.74) is 5.01. The van der Waals surface area contributed by atoms with Gasteiger partial charge in [0.1, 0.15) is 5.82 Å². The van der Waals surface area contributed by atoms with E-state index in [2.05, 4.69) is 29.7 Å². The van der Waals surface area contributed by atoms with Gasteiger partial charge in [-0.05, 0) is 56.0 Å². The van der Waals surface area contributed by atoms with Crippen molar-refractivity contribution < 1.29 is 9.47 Å². The van der Waals surface area contributed by atoms with Gasteiger partial charge in [-0.2, -0.15) is 0 Å². The van der Waals surface area contributed by atoms with Crippen LogP contribution in [0.4, 0.5) is 0 Å². The number of rotatable bonds is 5. The second-order valence-electron chi connectivity index (χ2n) is 8.04. The molecule has 3 aromatic rings. The molecular formula is C23H29N3O3. The van der Waals surface area contributed by atoms with Crippen LogP contribution in [-0.2, 0) is 23.1 Å². The summed E-state index contributed by atoms with van der Waals surface area (Å²) in [7, 11) is 3.54. The van der Waals surface area contributed by atoms with Crippen LogP contribution in [0.15, 0.2) is 35.3 Å².